The largest absolute Gasteiger partial charge is 0.491 e. The Hall–Kier alpha value is -2.65. The van der Waals surface area contributed by atoms with Crippen molar-refractivity contribution in [1.29, 1.82) is 0 Å². The van der Waals surface area contributed by atoms with Crippen LogP contribution >= 0.6 is 0 Å². The highest BCUT2D eigenvalue weighted by Gasteiger charge is 2.30. The lowest BCUT2D eigenvalue weighted by atomic mass is 10.0. The van der Waals surface area contributed by atoms with Crippen LogP contribution in [0.25, 0.3) is 0 Å². The molecule has 0 saturated heterocycles. The van der Waals surface area contributed by atoms with Crippen molar-refractivity contribution < 1.29 is 28.6 Å². The van der Waals surface area contributed by atoms with E-state index >= 15 is 0 Å². The van der Waals surface area contributed by atoms with Crippen LogP contribution in [-0.2, 0) is 19.1 Å². The number of anilines is 1. The van der Waals surface area contributed by atoms with Gasteiger partial charge in [-0.25, -0.2) is 0 Å². The Kier molecular flexibility index (Phi) is 9.46. The van der Waals surface area contributed by atoms with Crippen molar-refractivity contribution in [2.75, 3.05) is 52.9 Å². The van der Waals surface area contributed by atoms with Crippen molar-refractivity contribution in [2.24, 2.45) is 5.92 Å². The summed E-state index contributed by atoms with van der Waals surface area (Å²) in [7, 11) is 4.75. The summed E-state index contributed by atoms with van der Waals surface area (Å²) in [6, 6.07) is 4.73. The van der Waals surface area contributed by atoms with E-state index < -0.39 is 0 Å². The fourth-order valence-electron chi connectivity index (χ4n) is 3.73. The van der Waals surface area contributed by atoms with Gasteiger partial charge in [-0.1, -0.05) is 13.8 Å². The third-order valence-corrected chi connectivity index (χ3v) is 5.63. The van der Waals surface area contributed by atoms with Crippen molar-refractivity contribution >= 4 is 23.4 Å². The molecule has 3 amide bonds. The third-order valence-electron chi connectivity index (χ3n) is 5.63. The number of benzene rings is 1. The average molecular weight is 450 g/mol. The van der Waals surface area contributed by atoms with Gasteiger partial charge >= 0.3 is 0 Å². The maximum absolute atomic E-state index is 13.3. The van der Waals surface area contributed by atoms with Crippen LogP contribution in [0, 0.1) is 5.92 Å². The minimum absolute atomic E-state index is 0.00626. The molecule has 0 unspecified atom stereocenters. The molecule has 1 aromatic rings. The molecule has 1 aliphatic rings. The highest BCUT2D eigenvalue weighted by molar-refractivity contribution is 5.99. The van der Waals surface area contributed by atoms with Gasteiger partial charge in [0.1, 0.15) is 19.0 Å². The Labute approximate surface area is 190 Å². The molecule has 0 bridgehead atoms. The lowest BCUT2D eigenvalue weighted by molar-refractivity contribution is -0.135. The lowest BCUT2D eigenvalue weighted by Gasteiger charge is -2.36. The van der Waals surface area contributed by atoms with Crippen LogP contribution in [0.4, 0.5) is 5.69 Å². The first-order chi connectivity index (χ1) is 15.2. The van der Waals surface area contributed by atoms with Gasteiger partial charge in [0.25, 0.3) is 5.91 Å². The second-order valence-corrected chi connectivity index (χ2v) is 8.19. The zero-order valence-corrected chi connectivity index (χ0v) is 19.8. The van der Waals surface area contributed by atoms with Gasteiger partial charge in [0.15, 0.2) is 0 Å². The van der Waals surface area contributed by atoms with Crippen LogP contribution in [0.2, 0.25) is 0 Å². The second-order valence-electron chi connectivity index (χ2n) is 8.19. The monoisotopic (exact) mass is 449 g/mol. The van der Waals surface area contributed by atoms with E-state index in [9.17, 15) is 14.4 Å². The number of amides is 3. The van der Waals surface area contributed by atoms with E-state index in [2.05, 4.69) is 5.32 Å². The first-order valence-corrected chi connectivity index (χ1v) is 10.8. The van der Waals surface area contributed by atoms with Crippen LogP contribution in [0.15, 0.2) is 18.2 Å². The molecule has 1 heterocycles. The van der Waals surface area contributed by atoms with Gasteiger partial charge in [-0.15, -0.1) is 0 Å². The van der Waals surface area contributed by atoms with E-state index in [1.165, 1.54) is 7.11 Å². The molecule has 9 heteroatoms. The maximum Gasteiger partial charge on any atom is 0.257 e. The van der Waals surface area contributed by atoms with Crippen LogP contribution < -0.4 is 10.1 Å². The van der Waals surface area contributed by atoms with Crippen LogP contribution in [-0.4, -0.2) is 87.2 Å². The number of carbonyl (C=O) groups is 3. The van der Waals surface area contributed by atoms with Crippen LogP contribution in [0.1, 0.15) is 37.6 Å². The van der Waals surface area contributed by atoms with Crippen LogP contribution in [0.5, 0.6) is 5.75 Å². The SMILES string of the molecule is CCC(=O)N1C[C@@H](C)[C@H](OC)CN(C)C(=O)c2cc(NC(=O)COC)ccc2OC[C@H]1C. The number of ether oxygens (including phenoxy) is 3. The smallest absolute Gasteiger partial charge is 0.257 e. The Morgan fingerprint density at radius 3 is 2.56 bits per heavy atom. The average Bonchev–Trinajstić information content (AvgIpc) is 2.77. The number of carbonyl (C=O) groups excluding carboxylic acids is 3. The van der Waals surface area contributed by atoms with E-state index in [1.54, 1.807) is 37.3 Å². The number of nitrogens with one attached hydrogen (secondary N) is 1. The van der Waals surface area contributed by atoms with E-state index in [0.29, 0.717) is 36.5 Å². The molecule has 0 saturated carbocycles. The van der Waals surface area contributed by atoms with Crippen molar-refractivity contribution in [3.05, 3.63) is 23.8 Å². The van der Waals surface area contributed by atoms with Crippen molar-refractivity contribution in [2.45, 2.75) is 39.3 Å². The summed E-state index contributed by atoms with van der Waals surface area (Å²) >= 11 is 0. The zero-order chi connectivity index (χ0) is 23.8. The molecule has 1 N–H and O–H groups in total. The molecule has 0 spiro atoms. The van der Waals surface area contributed by atoms with Gasteiger partial charge in [0.2, 0.25) is 11.8 Å². The predicted octanol–water partition coefficient (Wildman–Crippen LogP) is 2.01. The summed E-state index contributed by atoms with van der Waals surface area (Å²) < 4.78 is 16.5. The van der Waals surface area contributed by atoms with Gasteiger partial charge in [-0.05, 0) is 25.1 Å². The van der Waals surface area contributed by atoms with Gasteiger partial charge in [0, 0.05) is 52.4 Å². The predicted molar refractivity (Wildman–Crippen MR) is 121 cm³/mol. The summed E-state index contributed by atoms with van der Waals surface area (Å²) in [5.41, 5.74) is 0.794. The summed E-state index contributed by atoms with van der Waals surface area (Å²) in [6.07, 6.45) is 0.144. The molecule has 9 nitrogen and oxygen atoms in total. The number of likely N-dealkylation sites (N-methyl/N-ethyl adjacent to an activating group) is 1. The molecule has 1 aliphatic heterocycles. The molecule has 0 radical (unpaired) electrons. The first-order valence-electron chi connectivity index (χ1n) is 10.8. The third kappa shape index (κ3) is 6.43. The number of methoxy groups -OCH3 is 2. The summed E-state index contributed by atoms with van der Waals surface area (Å²) in [6.45, 7) is 6.78. The Bertz CT molecular complexity index is 815. The number of hydrogen-bond donors (Lipinski definition) is 1. The van der Waals surface area contributed by atoms with E-state index in [1.807, 2.05) is 25.7 Å². The van der Waals surface area contributed by atoms with Gasteiger partial charge in [-0.3, -0.25) is 14.4 Å². The quantitative estimate of drug-likeness (QED) is 0.739. The molecule has 0 aromatic heterocycles. The van der Waals surface area contributed by atoms with E-state index in [4.69, 9.17) is 14.2 Å². The van der Waals surface area contributed by atoms with Gasteiger partial charge in [-0.2, -0.15) is 0 Å². The summed E-state index contributed by atoms with van der Waals surface area (Å²) in [5.74, 6) is -0.123. The molecule has 0 fully saturated rings. The fourth-order valence-corrected chi connectivity index (χ4v) is 3.73. The second kappa shape index (κ2) is 11.8. The Morgan fingerprint density at radius 1 is 1.22 bits per heavy atom. The number of fused-ring (bicyclic) bond motifs is 1. The van der Waals surface area contributed by atoms with E-state index in [0.717, 1.165) is 0 Å². The molecule has 2 rings (SSSR count). The molecular weight excluding hydrogens is 414 g/mol. The van der Waals surface area contributed by atoms with E-state index in [-0.39, 0.29) is 49.0 Å². The van der Waals surface area contributed by atoms with Crippen molar-refractivity contribution in [1.82, 2.24) is 9.80 Å². The minimum atomic E-state index is -0.321. The number of nitrogens with zero attached hydrogens (tertiary/aromatic N) is 2. The summed E-state index contributed by atoms with van der Waals surface area (Å²) in [4.78, 5) is 41.2. The standard InChI is InChI=1S/C23H35N3O6/c1-7-22(28)26-11-15(2)20(31-6)12-25(4)23(29)18-10-17(24-21(27)14-30-5)8-9-19(18)32-13-16(26)3/h8-10,15-16,20H,7,11-14H2,1-6H3,(H,24,27)/t15-,16-,20-/m1/s1. The first kappa shape index (κ1) is 25.6. The fraction of sp³-hybridized carbons (Fsp3) is 0.609. The molecule has 178 valence electrons. The molecule has 3 atom stereocenters. The number of hydrogen-bond acceptors (Lipinski definition) is 6. The number of rotatable bonds is 5. The Balaban J connectivity index is 2.43. The molecular formula is C23H35N3O6. The summed E-state index contributed by atoms with van der Waals surface area (Å²) in [5, 5.41) is 2.71. The molecule has 32 heavy (non-hydrogen) atoms. The minimum Gasteiger partial charge on any atom is -0.491 e. The topological polar surface area (TPSA) is 97.4 Å². The molecule has 1 aromatic carbocycles. The zero-order valence-electron chi connectivity index (χ0n) is 19.8. The highest BCUT2D eigenvalue weighted by Crippen LogP contribution is 2.26. The Morgan fingerprint density at radius 2 is 1.94 bits per heavy atom. The van der Waals surface area contributed by atoms with Crippen LogP contribution in [0.3, 0.4) is 0 Å². The van der Waals surface area contributed by atoms with Crippen molar-refractivity contribution in [3.8, 4) is 5.75 Å². The van der Waals surface area contributed by atoms with Gasteiger partial charge < -0.3 is 29.3 Å². The molecule has 0 aliphatic carbocycles. The maximum atomic E-state index is 13.3. The highest BCUT2D eigenvalue weighted by atomic mass is 16.5. The van der Waals surface area contributed by atoms with Gasteiger partial charge in [0.05, 0.1) is 17.7 Å². The van der Waals surface area contributed by atoms with Crippen molar-refractivity contribution in [3.63, 3.8) is 0 Å². The normalized spacial score (nSPS) is 22.3. The lowest BCUT2D eigenvalue weighted by Crippen LogP contribution is -2.48.